The van der Waals surface area contributed by atoms with Crippen molar-refractivity contribution >= 4 is 17.2 Å². The van der Waals surface area contributed by atoms with Crippen LogP contribution >= 0.6 is 11.3 Å². The summed E-state index contributed by atoms with van der Waals surface area (Å²) >= 11 is 1.41. The van der Waals surface area contributed by atoms with Crippen molar-refractivity contribution < 1.29 is 4.79 Å². The van der Waals surface area contributed by atoms with Crippen molar-refractivity contribution in [1.29, 1.82) is 0 Å². The molecule has 1 amide bonds. The van der Waals surface area contributed by atoms with Crippen LogP contribution in [0.4, 0.5) is 0 Å². The molecule has 3 rings (SSSR count). The van der Waals surface area contributed by atoms with Gasteiger partial charge in [0.2, 0.25) is 0 Å². The van der Waals surface area contributed by atoms with Gasteiger partial charge >= 0.3 is 0 Å². The molecular formula is C18H24N4OS. The summed E-state index contributed by atoms with van der Waals surface area (Å²) in [6.45, 7) is 1.48. The number of carbonyl (C=O) groups excluding carboxylic acids is 1. The van der Waals surface area contributed by atoms with E-state index in [1.807, 2.05) is 12.1 Å². The summed E-state index contributed by atoms with van der Waals surface area (Å²) < 4.78 is 0. The first kappa shape index (κ1) is 17.0. The molecule has 128 valence electrons. The number of pyridine rings is 1. The molecule has 0 aliphatic heterocycles. The number of aromatic nitrogens is 2. The molecule has 0 saturated heterocycles. The van der Waals surface area contributed by atoms with Crippen molar-refractivity contribution in [1.82, 2.24) is 20.6 Å². The molecule has 0 atom stereocenters. The molecule has 0 spiro atoms. The summed E-state index contributed by atoms with van der Waals surface area (Å²) in [5.41, 5.74) is 0.990. The zero-order chi connectivity index (χ0) is 16.6. The zero-order valence-corrected chi connectivity index (χ0v) is 14.6. The predicted octanol–water partition coefficient (Wildman–Crippen LogP) is 3.25. The molecule has 24 heavy (non-hydrogen) atoms. The molecule has 2 heterocycles. The fourth-order valence-corrected chi connectivity index (χ4v) is 3.87. The second kappa shape index (κ2) is 8.89. The maximum Gasteiger partial charge on any atom is 0.263 e. The minimum absolute atomic E-state index is 0.0459. The van der Waals surface area contributed by atoms with Gasteiger partial charge in [0, 0.05) is 37.1 Å². The third kappa shape index (κ3) is 4.85. The smallest absolute Gasteiger partial charge is 0.263 e. The molecule has 0 unspecified atom stereocenters. The van der Waals surface area contributed by atoms with Gasteiger partial charge in [0.15, 0.2) is 0 Å². The van der Waals surface area contributed by atoms with Gasteiger partial charge in [0.1, 0.15) is 9.88 Å². The number of amides is 1. The minimum Gasteiger partial charge on any atom is -0.350 e. The highest BCUT2D eigenvalue weighted by Crippen LogP contribution is 2.24. The van der Waals surface area contributed by atoms with Gasteiger partial charge in [0.25, 0.3) is 5.91 Å². The lowest BCUT2D eigenvalue weighted by Gasteiger charge is -2.16. The Balaban J connectivity index is 1.43. The first-order valence-corrected chi connectivity index (χ1v) is 9.52. The molecule has 6 heteroatoms. The van der Waals surface area contributed by atoms with Gasteiger partial charge in [-0.25, -0.2) is 4.98 Å². The number of rotatable bonds is 6. The Kier molecular flexibility index (Phi) is 6.32. The quantitative estimate of drug-likeness (QED) is 0.623. The van der Waals surface area contributed by atoms with Crippen molar-refractivity contribution in [2.24, 2.45) is 0 Å². The van der Waals surface area contributed by atoms with Crippen LogP contribution in [-0.2, 0) is 0 Å². The van der Waals surface area contributed by atoms with E-state index < -0.39 is 0 Å². The van der Waals surface area contributed by atoms with E-state index in [2.05, 4.69) is 20.6 Å². The molecule has 1 saturated carbocycles. The third-order valence-electron chi connectivity index (χ3n) is 4.36. The number of nitrogens with zero attached hydrogens (tertiary/aromatic N) is 2. The van der Waals surface area contributed by atoms with Crippen molar-refractivity contribution in [2.45, 2.75) is 44.6 Å². The van der Waals surface area contributed by atoms with E-state index in [1.54, 1.807) is 18.6 Å². The monoisotopic (exact) mass is 344 g/mol. The van der Waals surface area contributed by atoms with Gasteiger partial charge in [0.05, 0.1) is 6.20 Å². The third-order valence-corrected chi connectivity index (χ3v) is 5.40. The highest BCUT2D eigenvalue weighted by atomic mass is 32.1. The normalized spacial score (nSPS) is 15.8. The van der Waals surface area contributed by atoms with Gasteiger partial charge in [-0.3, -0.25) is 9.78 Å². The molecule has 2 aromatic rings. The van der Waals surface area contributed by atoms with Crippen molar-refractivity contribution in [3.05, 3.63) is 35.6 Å². The Morgan fingerprint density at radius 2 is 1.88 bits per heavy atom. The van der Waals surface area contributed by atoms with Gasteiger partial charge in [-0.15, -0.1) is 11.3 Å². The second-order valence-electron chi connectivity index (χ2n) is 6.16. The van der Waals surface area contributed by atoms with Gasteiger partial charge in [-0.2, -0.15) is 0 Å². The number of hydrogen-bond acceptors (Lipinski definition) is 5. The lowest BCUT2D eigenvalue weighted by atomic mass is 10.1. The van der Waals surface area contributed by atoms with Gasteiger partial charge in [-0.05, 0) is 25.0 Å². The zero-order valence-electron chi connectivity index (χ0n) is 13.8. The number of carbonyl (C=O) groups is 1. The standard InChI is InChI=1S/C18H24N4OS/c23-17(21-12-11-20-15-5-3-1-2-4-6-15)16-13-22-18(24-16)14-7-9-19-10-8-14/h7-10,13,15,20H,1-6,11-12H2,(H,21,23). The topological polar surface area (TPSA) is 66.9 Å². The second-order valence-corrected chi connectivity index (χ2v) is 7.19. The first-order valence-electron chi connectivity index (χ1n) is 8.71. The molecular weight excluding hydrogens is 320 g/mol. The average molecular weight is 344 g/mol. The summed E-state index contributed by atoms with van der Waals surface area (Å²) in [5.74, 6) is -0.0459. The molecule has 2 N–H and O–H groups in total. The van der Waals surface area contributed by atoms with E-state index in [-0.39, 0.29) is 5.91 Å². The Morgan fingerprint density at radius 3 is 2.62 bits per heavy atom. The van der Waals surface area contributed by atoms with E-state index in [1.165, 1.54) is 49.9 Å². The van der Waals surface area contributed by atoms with Crippen LogP contribution in [0.2, 0.25) is 0 Å². The van der Waals surface area contributed by atoms with Crippen LogP contribution in [0.5, 0.6) is 0 Å². The maximum absolute atomic E-state index is 12.2. The molecule has 2 aromatic heterocycles. The Bertz CT molecular complexity index is 635. The van der Waals surface area contributed by atoms with Gasteiger partial charge < -0.3 is 10.6 Å². The Hall–Kier alpha value is -1.79. The Morgan fingerprint density at radius 1 is 1.12 bits per heavy atom. The lowest BCUT2D eigenvalue weighted by molar-refractivity contribution is 0.0957. The van der Waals surface area contributed by atoms with E-state index in [9.17, 15) is 4.79 Å². The van der Waals surface area contributed by atoms with Crippen LogP contribution in [0.1, 0.15) is 48.2 Å². The average Bonchev–Trinajstić information content (AvgIpc) is 2.97. The van der Waals surface area contributed by atoms with Crippen molar-refractivity contribution in [3.8, 4) is 10.6 Å². The van der Waals surface area contributed by atoms with Crippen LogP contribution in [0, 0.1) is 0 Å². The molecule has 1 aliphatic carbocycles. The van der Waals surface area contributed by atoms with Crippen LogP contribution in [0.25, 0.3) is 10.6 Å². The lowest BCUT2D eigenvalue weighted by Crippen LogP contribution is -2.36. The number of thiazole rings is 1. The number of hydrogen-bond donors (Lipinski definition) is 2. The fraction of sp³-hybridized carbons (Fsp3) is 0.500. The van der Waals surface area contributed by atoms with Crippen molar-refractivity contribution in [2.75, 3.05) is 13.1 Å². The van der Waals surface area contributed by atoms with Crippen LogP contribution in [0.3, 0.4) is 0 Å². The molecule has 5 nitrogen and oxygen atoms in total. The SMILES string of the molecule is O=C(NCCNC1CCCCCC1)c1cnc(-c2ccncc2)s1. The fourth-order valence-electron chi connectivity index (χ4n) is 3.03. The van der Waals surface area contributed by atoms with E-state index >= 15 is 0 Å². The highest BCUT2D eigenvalue weighted by molar-refractivity contribution is 7.16. The molecule has 1 fully saturated rings. The minimum atomic E-state index is -0.0459. The molecule has 1 aliphatic rings. The maximum atomic E-state index is 12.2. The van der Waals surface area contributed by atoms with Gasteiger partial charge in [-0.1, -0.05) is 25.7 Å². The first-order chi connectivity index (χ1) is 11.8. The van der Waals surface area contributed by atoms with E-state index in [0.717, 1.165) is 17.1 Å². The molecule has 0 aromatic carbocycles. The molecule has 0 bridgehead atoms. The van der Waals surface area contributed by atoms with Crippen LogP contribution in [-0.4, -0.2) is 35.0 Å². The number of nitrogens with one attached hydrogen (secondary N) is 2. The van der Waals surface area contributed by atoms with Crippen LogP contribution < -0.4 is 10.6 Å². The van der Waals surface area contributed by atoms with Crippen LogP contribution in [0.15, 0.2) is 30.7 Å². The summed E-state index contributed by atoms with van der Waals surface area (Å²) in [7, 11) is 0. The summed E-state index contributed by atoms with van der Waals surface area (Å²) in [6, 6.07) is 4.42. The largest absolute Gasteiger partial charge is 0.350 e. The van der Waals surface area contributed by atoms with Crippen molar-refractivity contribution in [3.63, 3.8) is 0 Å². The summed E-state index contributed by atoms with van der Waals surface area (Å²) in [5, 5.41) is 7.39. The summed E-state index contributed by atoms with van der Waals surface area (Å²) in [4.78, 5) is 21.2. The summed E-state index contributed by atoms with van der Waals surface area (Å²) in [6.07, 6.45) is 13.0. The molecule has 0 radical (unpaired) electrons. The highest BCUT2D eigenvalue weighted by Gasteiger charge is 2.13. The van der Waals surface area contributed by atoms with E-state index in [4.69, 9.17) is 0 Å². The Labute approximate surface area is 146 Å². The van der Waals surface area contributed by atoms with E-state index in [0.29, 0.717) is 17.5 Å². The predicted molar refractivity (Wildman–Crippen MR) is 97.2 cm³/mol.